The molecule has 156 valence electrons. The lowest BCUT2D eigenvalue weighted by Crippen LogP contribution is -2.22. The van der Waals surface area contributed by atoms with Crippen LogP contribution in [-0.2, 0) is 4.74 Å². The number of hydrogen-bond donors (Lipinski definition) is 1. The first-order valence-corrected chi connectivity index (χ1v) is 9.26. The highest BCUT2D eigenvalue weighted by Gasteiger charge is 2.24. The number of amides is 1. The molecule has 0 unspecified atom stereocenters. The number of benzene rings is 1. The van der Waals surface area contributed by atoms with Gasteiger partial charge in [0.2, 0.25) is 11.6 Å². The predicted molar refractivity (Wildman–Crippen MR) is 108 cm³/mol. The van der Waals surface area contributed by atoms with Gasteiger partial charge in [0, 0.05) is 11.8 Å². The number of carbonyl (C=O) groups is 1. The average molecular weight is 411 g/mol. The second-order valence-corrected chi connectivity index (χ2v) is 6.52. The number of ether oxygens (including phenoxy) is 5. The number of rotatable bonds is 7. The first kappa shape index (κ1) is 19.6. The summed E-state index contributed by atoms with van der Waals surface area (Å²) in [4.78, 5) is 20.4. The van der Waals surface area contributed by atoms with E-state index >= 15 is 0 Å². The molecule has 30 heavy (non-hydrogen) atoms. The monoisotopic (exact) mass is 411 g/mol. The lowest BCUT2D eigenvalue weighted by Gasteiger charge is -2.15. The minimum Gasteiger partial charge on any atom is -0.493 e. The molecule has 1 aliphatic heterocycles. The molecule has 2 aromatic heterocycles. The highest BCUT2D eigenvalue weighted by molar-refractivity contribution is 5.87. The van der Waals surface area contributed by atoms with Gasteiger partial charge in [0.25, 0.3) is 0 Å². The zero-order valence-corrected chi connectivity index (χ0v) is 16.8. The second-order valence-electron chi connectivity index (χ2n) is 6.52. The van der Waals surface area contributed by atoms with E-state index in [2.05, 4.69) is 15.3 Å². The normalized spacial score (nSPS) is 15.4. The van der Waals surface area contributed by atoms with Crippen LogP contribution in [0.3, 0.4) is 0 Å². The number of hydrogen-bond acceptors (Lipinski definition) is 8. The maximum atomic E-state index is 11.2. The standard InChI is InChI=1S/C21H21N3O6/c1-26-17-7-12(8-18(27-2)19(17)28-3)15-9-16-14(5-4-6-22-16)20(24-15)29-11-13-10-23-21(25)30-13/h4-9,13H,10-11H2,1-3H3,(H,23,25)/t13-/m1/s1. The van der Waals surface area contributed by atoms with Crippen LogP contribution in [0, 0.1) is 0 Å². The highest BCUT2D eigenvalue weighted by Crippen LogP contribution is 2.41. The van der Waals surface area contributed by atoms with Crippen molar-refractivity contribution in [2.24, 2.45) is 0 Å². The molecule has 4 rings (SSSR count). The van der Waals surface area contributed by atoms with E-state index < -0.39 is 6.09 Å². The molecule has 1 fully saturated rings. The van der Waals surface area contributed by atoms with E-state index in [-0.39, 0.29) is 12.7 Å². The van der Waals surface area contributed by atoms with Crippen LogP contribution in [0.15, 0.2) is 36.5 Å². The Morgan fingerprint density at radius 1 is 1.13 bits per heavy atom. The number of nitrogens with zero attached hydrogens (tertiary/aromatic N) is 2. The fraction of sp³-hybridized carbons (Fsp3) is 0.286. The number of alkyl carbamates (subject to hydrolysis) is 1. The van der Waals surface area contributed by atoms with E-state index in [1.807, 2.05) is 30.3 Å². The number of carbonyl (C=O) groups excluding carboxylic acids is 1. The molecule has 1 saturated heterocycles. The van der Waals surface area contributed by atoms with E-state index in [0.29, 0.717) is 40.9 Å². The van der Waals surface area contributed by atoms with Gasteiger partial charge < -0.3 is 29.0 Å². The van der Waals surface area contributed by atoms with Gasteiger partial charge in [-0.15, -0.1) is 0 Å². The summed E-state index contributed by atoms with van der Waals surface area (Å²) in [7, 11) is 4.67. The molecule has 3 aromatic rings. The van der Waals surface area contributed by atoms with Crippen LogP contribution in [0.25, 0.3) is 22.2 Å². The van der Waals surface area contributed by atoms with Crippen LogP contribution in [0.1, 0.15) is 0 Å². The molecule has 0 saturated carbocycles. The van der Waals surface area contributed by atoms with Crippen molar-refractivity contribution >= 4 is 17.0 Å². The fourth-order valence-electron chi connectivity index (χ4n) is 3.23. The van der Waals surface area contributed by atoms with Gasteiger partial charge in [0.05, 0.1) is 44.5 Å². The van der Waals surface area contributed by atoms with E-state index in [1.165, 1.54) is 0 Å². The minimum absolute atomic E-state index is 0.175. The molecule has 1 amide bonds. The van der Waals surface area contributed by atoms with Crippen LogP contribution in [0.2, 0.25) is 0 Å². The first-order chi connectivity index (χ1) is 14.6. The Kier molecular flexibility index (Phi) is 5.42. The van der Waals surface area contributed by atoms with Gasteiger partial charge in [-0.2, -0.15) is 0 Å². The van der Waals surface area contributed by atoms with Gasteiger partial charge >= 0.3 is 6.09 Å². The molecular weight excluding hydrogens is 390 g/mol. The molecule has 9 heteroatoms. The van der Waals surface area contributed by atoms with E-state index in [0.717, 1.165) is 10.9 Å². The van der Waals surface area contributed by atoms with Crippen molar-refractivity contribution in [3.8, 4) is 34.4 Å². The molecule has 9 nitrogen and oxygen atoms in total. The van der Waals surface area contributed by atoms with E-state index in [9.17, 15) is 4.79 Å². The first-order valence-electron chi connectivity index (χ1n) is 9.26. The molecule has 0 spiro atoms. The molecule has 0 bridgehead atoms. The second kappa shape index (κ2) is 8.32. The number of aromatic nitrogens is 2. The van der Waals surface area contributed by atoms with Gasteiger partial charge in [-0.1, -0.05) is 0 Å². The number of fused-ring (bicyclic) bond motifs is 1. The highest BCUT2D eigenvalue weighted by atomic mass is 16.6. The van der Waals surface area contributed by atoms with Crippen molar-refractivity contribution < 1.29 is 28.5 Å². The van der Waals surface area contributed by atoms with Gasteiger partial charge in [-0.25, -0.2) is 9.78 Å². The molecule has 3 heterocycles. The maximum Gasteiger partial charge on any atom is 0.407 e. The molecule has 1 aliphatic rings. The predicted octanol–water partition coefficient (Wildman–Crippen LogP) is 2.81. The summed E-state index contributed by atoms with van der Waals surface area (Å²) in [5.74, 6) is 1.92. The summed E-state index contributed by atoms with van der Waals surface area (Å²) in [6.45, 7) is 0.566. The van der Waals surface area contributed by atoms with Crippen LogP contribution in [0.4, 0.5) is 4.79 Å². The van der Waals surface area contributed by atoms with Crippen LogP contribution >= 0.6 is 0 Å². The lowest BCUT2D eigenvalue weighted by molar-refractivity contribution is 0.104. The van der Waals surface area contributed by atoms with E-state index in [1.54, 1.807) is 27.5 Å². The van der Waals surface area contributed by atoms with Crippen LogP contribution in [0.5, 0.6) is 23.1 Å². The van der Waals surface area contributed by atoms with Gasteiger partial charge in [-0.05, 0) is 30.3 Å². The Balaban J connectivity index is 1.75. The summed E-state index contributed by atoms with van der Waals surface area (Å²) in [5.41, 5.74) is 2.08. The summed E-state index contributed by atoms with van der Waals surface area (Å²) >= 11 is 0. The quantitative estimate of drug-likeness (QED) is 0.633. The summed E-state index contributed by atoms with van der Waals surface area (Å²) < 4.78 is 27.3. The summed E-state index contributed by atoms with van der Waals surface area (Å²) in [6, 6.07) is 9.17. The summed E-state index contributed by atoms with van der Waals surface area (Å²) in [5, 5.41) is 3.36. The number of nitrogens with one attached hydrogen (secondary N) is 1. The van der Waals surface area contributed by atoms with Crippen molar-refractivity contribution in [2.75, 3.05) is 34.5 Å². The van der Waals surface area contributed by atoms with Gasteiger partial charge in [-0.3, -0.25) is 4.98 Å². The van der Waals surface area contributed by atoms with Crippen molar-refractivity contribution in [2.45, 2.75) is 6.10 Å². The zero-order valence-electron chi connectivity index (χ0n) is 16.8. The van der Waals surface area contributed by atoms with Crippen LogP contribution < -0.4 is 24.3 Å². The van der Waals surface area contributed by atoms with Crippen molar-refractivity contribution in [3.05, 3.63) is 36.5 Å². The lowest BCUT2D eigenvalue weighted by atomic mass is 10.1. The van der Waals surface area contributed by atoms with E-state index in [4.69, 9.17) is 23.7 Å². The zero-order chi connectivity index (χ0) is 21.1. The molecule has 0 radical (unpaired) electrons. The summed E-state index contributed by atoms with van der Waals surface area (Å²) in [6.07, 6.45) is 0.874. The molecule has 1 aromatic carbocycles. The Labute approximate surface area is 172 Å². The van der Waals surface area contributed by atoms with Gasteiger partial charge in [0.15, 0.2) is 17.6 Å². The maximum absolute atomic E-state index is 11.2. The largest absolute Gasteiger partial charge is 0.493 e. The average Bonchev–Trinajstić information content (AvgIpc) is 3.21. The van der Waals surface area contributed by atoms with Crippen molar-refractivity contribution in [1.82, 2.24) is 15.3 Å². The number of methoxy groups -OCH3 is 3. The molecule has 1 atom stereocenters. The Bertz CT molecular complexity index is 1060. The number of pyridine rings is 2. The molecule has 0 aliphatic carbocycles. The fourth-order valence-corrected chi connectivity index (χ4v) is 3.23. The Morgan fingerprint density at radius 3 is 2.53 bits per heavy atom. The third-order valence-electron chi connectivity index (χ3n) is 4.68. The van der Waals surface area contributed by atoms with Crippen molar-refractivity contribution in [1.29, 1.82) is 0 Å². The van der Waals surface area contributed by atoms with Crippen molar-refractivity contribution in [3.63, 3.8) is 0 Å². The minimum atomic E-state index is -0.450. The Morgan fingerprint density at radius 2 is 1.90 bits per heavy atom. The SMILES string of the molecule is COc1cc(-c2cc3ncccc3c(OC[C@H]3CNC(=O)O3)n2)cc(OC)c1OC. The third kappa shape index (κ3) is 3.73. The molecule has 1 N–H and O–H groups in total. The number of cyclic esters (lactones) is 1. The third-order valence-corrected chi connectivity index (χ3v) is 4.68. The van der Waals surface area contributed by atoms with Crippen LogP contribution in [-0.4, -0.2) is 56.6 Å². The van der Waals surface area contributed by atoms with Gasteiger partial charge in [0.1, 0.15) is 6.61 Å². The molecular formula is C21H21N3O6. The smallest absolute Gasteiger partial charge is 0.407 e. The topological polar surface area (TPSA) is 101 Å². The Hall–Kier alpha value is -3.75.